The lowest BCUT2D eigenvalue weighted by Gasteiger charge is -2.29. The van der Waals surface area contributed by atoms with E-state index in [-0.39, 0.29) is 24.0 Å². The first-order valence-corrected chi connectivity index (χ1v) is 9.67. The number of benzene rings is 1. The monoisotopic (exact) mass is 506 g/mol. The van der Waals surface area contributed by atoms with Crippen LogP contribution in [0.2, 0.25) is 0 Å². The molecular weight excluding hydrogens is 471 g/mol. The molecule has 2 N–H and O–H groups in total. The molecule has 0 aliphatic carbocycles. The van der Waals surface area contributed by atoms with Crippen molar-refractivity contribution in [2.24, 2.45) is 4.99 Å². The normalized spacial score (nSPS) is 15.8. The maximum absolute atomic E-state index is 5.48. The van der Waals surface area contributed by atoms with Crippen LogP contribution in [0.15, 0.2) is 29.3 Å². The zero-order valence-electron chi connectivity index (χ0n) is 17.3. The van der Waals surface area contributed by atoms with E-state index in [0.717, 1.165) is 31.3 Å². The van der Waals surface area contributed by atoms with Crippen LogP contribution in [-0.2, 0) is 9.47 Å². The molecule has 0 bridgehead atoms. The number of halogens is 1. The average Bonchev–Trinajstić information content (AvgIpc) is 3.23. The van der Waals surface area contributed by atoms with Crippen LogP contribution in [0.25, 0.3) is 0 Å². The quantitative estimate of drug-likeness (QED) is 0.208. The van der Waals surface area contributed by atoms with Gasteiger partial charge in [-0.15, -0.1) is 24.0 Å². The number of nitrogens with one attached hydrogen (secondary N) is 2. The Morgan fingerprint density at radius 2 is 1.93 bits per heavy atom. The summed E-state index contributed by atoms with van der Waals surface area (Å²) in [4.78, 5) is 6.85. The predicted molar refractivity (Wildman–Crippen MR) is 124 cm³/mol. The van der Waals surface area contributed by atoms with E-state index in [1.807, 2.05) is 6.07 Å². The van der Waals surface area contributed by atoms with Crippen LogP contribution < -0.4 is 15.4 Å². The molecule has 0 amide bonds. The fourth-order valence-electron chi connectivity index (χ4n) is 3.26. The third-order valence-electron chi connectivity index (χ3n) is 4.72. The van der Waals surface area contributed by atoms with Crippen molar-refractivity contribution in [1.29, 1.82) is 0 Å². The molecule has 1 heterocycles. The van der Waals surface area contributed by atoms with E-state index in [9.17, 15) is 0 Å². The second kappa shape index (κ2) is 14.8. The summed E-state index contributed by atoms with van der Waals surface area (Å²) in [6, 6.07) is 8.64. The summed E-state index contributed by atoms with van der Waals surface area (Å²) >= 11 is 0. The highest BCUT2D eigenvalue weighted by atomic mass is 127. The number of hydrogen-bond donors (Lipinski definition) is 2. The van der Waals surface area contributed by atoms with Gasteiger partial charge in [-0.1, -0.05) is 12.1 Å². The Balaban J connectivity index is 0.00000392. The predicted octanol–water partition coefficient (Wildman–Crippen LogP) is 2.28. The van der Waals surface area contributed by atoms with Gasteiger partial charge in [0, 0.05) is 27.2 Å². The minimum atomic E-state index is 0. The smallest absolute Gasteiger partial charge is 0.191 e. The maximum atomic E-state index is 5.48. The summed E-state index contributed by atoms with van der Waals surface area (Å²) in [7, 11) is 5.17. The summed E-state index contributed by atoms with van der Waals surface area (Å²) in [6.45, 7) is 5.60. The second-order valence-electron chi connectivity index (χ2n) is 6.52. The molecule has 1 aliphatic heterocycles. The molecule has 0 radical (unpaired) electrons. The summed E-state index contributed by atoms with van der Waals surface area (Å²) in [5.74, 6) is 1.69. The molecule has 1 aromatic carbocycles. The van der Waals surface area contributed by atoms with E-state index in [0.29, 0.717) is 32.4 Å². The molecule has 28 heavy (non-hydrogen) atoms. The average molecular weight is 506 g/mol. The van der Waals surface area contributed by atoms with Gasteiger partial charge in [-0.3, -0.25) is 9.89 Å². The topological polar surface area (TPSA) is 67.4 Å². The number of hydrogen-bond acceptors (Lipinski definition) is 5. The molecular formula is C20H35IN4O3. The van der Waals surface area contributed by atoms with Gasteiger partial charge in [0.1, 0.15) is 5.75 Å². The number of likely N-dealkylation sites (tertiary alicyclic amines) is 1. The highest BCUT2D eigenvalue weighted by Crippen LogP contribution is 2.27. The molecule has 0 saturated carbocycles. The fourth-order valence-corrected chi connectivity index (χ4v) is 3.26. The Kier molecular flexibility index (Phi) is 13.2. The molecule has 160 valence electrons. The van der Waals surface area contributed by atoms with Crippen molar-refractivity contribution in [2.45, 2.75) is 18.9 Å². The molecule has 1 saturated heterocycles. The van der Waals surface area contributed by atoms with Crippen LogP contribution >= 0.6 is 24.0 Å². The van der Waals surface area contributed by atoms with Gasteiger partial charge in [0.15, 0.2) is 5.96 Å². The van der Waals surface area contributed by atoms with Crippen molar-refractivity contribution in [1.82, 2.24) is 15.5 Å². The van der Waals surface area contributed by atoms with Crippen molar-refractivity contribution < 1.29 is 14.2 Å². The fraction of sp³-hybridized carbons (Fsp3) is 0.650. The Morgan fingerprint density at radius 3 is 2.61 bits per heavy atom. The van der Waals surface area contributed by atoms with E-state index < -0.39 is 0 Å². The summed E-state index contributed by atoms with van der Waals surface area (Å²) in [5, 5.41) is 6.76. The van der Waals surface area contributed by atoms with Gasteiger partial charge in [0.25, 0.3) is 0 Å². The van der Waals surface area contributed by atoms with Crippen LogP contribution in [0.3, 0.4) is 0 Å². The first-order valence-electron chi connectivity index (χ1n) is 9.67. The Labute approximate surface area is 186 Å². The Morgan fingerprint density at radius 1 is 1.14 bits per heavy atom. The third kappa shape index (κ3) is 8.50. The summed E-state index contributed by atoms with van der Waals surface area (Å²) in [5.41, 5.74) is 1.27. The van der Waals surface area contributed by atoms with Crippen molar-refractivity contribution in [2.75, 3.05) is 67.3 Å². The third-order valence-corrected chi connectivity index (χ3v) is 4.72. The zero-order valence-corrected chi connectivity index (χ0v) is 19.6. The van der Waals surface area contributed by atoms with Crippen molar-refractivity contribution in [3.05, 3.63) is 29.8 Å². The first kappa shape index (κ1) is 24.9. The van der Waals surface area contributed by atoms with Gasteiger partial charge in [0.2, 0.25) is 0 Å². The summed E-state index contributed by atoms with van der Waals surface area (Å²) < 4.78 is 15.9. The largest absolute Gasteiger partial charge is 0.497 e. The number of guanidine groups is 1. The number of aliphatic imine (C=N–C) groups is 1. The van der Waals surface area contributed by atoms with Crippen molar-refractivity contribution in [3.8, 4) is 5.75 Å². The van der Waals surface area contributed by atoms with Crippen molar-refractivity contribution in [3.63, 3.8) is 0 Å². The molecule has 1 aromatic rings. The van der Waals surface area contributed by atoms with Gasteiger partial charge in [-0.05, 0) is 43.6 Å². The molecule has 1 aliphatic rings. The molecule has 0 aromatic heterocycles. The zero-order chi connectivity index (χ0) is 19.3. The lowest BCUT2D eigenvalue weighted by Crippen LogP contribution is -2.43. The van der Waals surface area contributed by atoms with Gasteiger partial charge < -0.3 is 24.8 Å². The van der Waals surface area contributed by atoms with E-state index in [1.165, 1.54) is 18.4 Å². The van der Waals surface area contributed by atoms with Crippen LogP contribution in [-0.4, -0.2) is 78.1 Å². The van der Waals surface area contributed by atoms with Crippen LogP contribution in [0.5, 0.6) is 5.75 Å². The lowest BCUT2D eigenvalue weighted by atomic mass is 10.1. The highest BCUT2D eigenvalue weighted by molar-refractivity contribution is 14.0. The molecule has 7 nitrogen and oxygen atoms in total. The number of methoxy groups -OCH3 is 2. The van der Waals surface area contributed by atoms with Gasteiger partial charge in [-0.25, -0.2) is 0 Å². The van der Waals surface area contributed by atoms with E-state index in [1.54, 1.807) is 21.3 Å². The Hall–Kier alpha value is -1.10. The molecule has 0 spiro atoms. The number of nitrogens with zero attached hydrogens (tertiary/aromatic N) is 2. The van der Waals surface area contributed by atoms with Crippen LogP contribution in [0, 0.1) is 0 Å². The summed E-state index contributed by atoms with van der Waals surface area (Å²) in [6.07, 6.45) is 2.51. The number of rotatable bonds is 11. The van der Waals surface area contributed by atoms with E-state index >= 15 is 0 Å². The lowest BCUT2D eigenvalue weighted by molar-refractivity contribution is 0.0733. The minimum Gasteiger partial charge on any atom is -0.497 e. The molecule has 8 heteroatoms. The first-order chi connectivity index (χ1) is 13.3. The highest BCUT2D eigenvalue weighted by Gasteiger charge is 2.24. The Bertz CT molecular complexity index is 568. The second-order valence-corrected chi connectivity index (χ2v) is 6.52. The van der Waals surface area contributed by atoms with E-state index in [2.05, 4.69) is 38.7 Å². The van der Waals surface area contributed by atoms with Gasteiger partial charge in [-0.2, -0.15) is 0 Å². The minimum absolute atomic E-state index is 0. The molecule has 1 unspecified atom stereocenters. The van der Waals surface area contributed by atoms with Crippen LogP contribution in [0.1, 0.15) is 24.4 Å². The molecule has 2 rings (SSSR count). The maximum Gasteiger partial charge on any atom is 0.191 e. The van der Waals surface area contributed by atoms with Gasteiger partial charge in [0.05, 0.1) is 33.0 Å². The standard InChI is InChI=1S/C20H34N4O3.HI/c1-21-20(22-9-12-27-14-13-25-2)23-16-19(24-10-4-5-11-24)17-7-6-8-18(15-17)26-3;/h6-8,15,19H,4-5,9-14,16H2,1-3H3,(H2,21,22,23);1H. The van der Waals surface area contributed by atoms with Gasteiger partial charge >= 0.3 is 0 Å². The van der Waals surface area contributed by atoms with Crippen LogP contribution in [0.4, 0.5) is 0 Å². The molecule has 1 fully saturated rings. The van der Waals surface area contributed by atoms with E-state index in [4.69, 9.17) is 14.2 Å². The molecule has 1 atom stereocenters. The number of ether oxygens (including phenoxy) is 3. The van der Waals surface area contributed by atoms with Crippen molar-refractivity contribution >= 4 is 29.9 Å². The SMILES string of the molecule is CN=C(NCCOCCOC)NCC(c1cccc(OC)c1)N1CCCC1.I.